The number of nitriles is 1. The van der Waals surface area contributed by atoms with Gasteiger partial charge in [0.1, 0.15) is 11.6 Å². The van der Waals surface area contributed by atoms with Crippen molar-refractivity contribution in [1.29, 1.82) is 5.26 Å². The van der Waals surface area contributed by atoms with Crippen LogP contribution < -0.4 is 5.43 Å². The second-order valence-electron chi connectivity index (χ2n) is 6.75. The lowest BCUT2D eigenvalue weighted by Crippen LogP contribution is -2.09. The van der Waals surface area contributed by atoms with Gasteiger partial charge in [-0.05, 0) is 36.4 Å². The van der Waals surface area contributed by atoms with Crippen molar-refractivity contribution in [2.24, 2.45) is 0 Å². The summed E-state index contributed by atoms with van der Waals surface area (Å²) >= 11 is 6.14. The van der Waals surface area contributed by atoms with Gasteiger partial charge in [0.15, 0.2) is 5.43 Å². The van der Waals surface area contributed by atoms with E-state index >= 15 is 4.39 Å². The van der Waals surface area contributed by atoms with E-state index in [-0.39, 0.29) is 27.4 Å². The molecule has 1 N–H and O–H groups in total. The van der Waals surface area contributed by atoms with Gasteiger partial charge in [-0.3, -0.25) is 9.78 Å². The Labute approximate surface area is 181 Å². The Morgan fingerprint density at radius 3 is 2.44 bits per heavy atom. The van der Waals surface area contributed by atoms with Gasteiger partial charge in [-0.1, -0.05) is 11.6 Å². The molecule has 0 amide bonds. The highest BCUT2D eigenvalue weighted by molar-refractivity contribution is 6.33. The van der Waals surface area contributed by atoms with Crippen LogP contribution in [-0.2, 0) is 6.18 Å². The summed E-state index contributed by atoms with van der Waals surface area (Å²) in [6.45, 7) is 0. The Bertz CT molecular complexity index is 1470. The molecule has 4 rings (SSSR count). The van der Waals surface area contributed by atoms with Gasteiger partial charge in [0.05, 0.1) is 45.1 Å². The highest BCUT2D eigenvalue weighted by atomic mass is 35.5. The number of alkyl halides is 3. The van der Waals surface area contributed by atoms with E-state index in [0.29, 0.717) is 12.3 Å². The number of aromatic nitrogens is 2. The van der Waals surface area contributed by atoms with Gasteiger partial charge in [-0.25, -0.2) is 8.78 Å². The van der Waals surface area contributed by atoms with Crippen LogP contribution in [-0.4, -0.2) is 9.97 Å². The number of pyridine rings is 2. The minimum atomic E-state index is -4.66. The number of rotatable bonds is 2. The van der Waals surface area contributed by atoms with Crippen LogP contribution in [0.4, 0.5) is 22.0 Å². The average Bonchev–Trinajstić information content (AvgIpc) is 2.73. The molecule has 0 saturated carbocycles. The molecule has 2 aromatic heterocycles. The van der Waals surface area contributed by atoms with Crippen LogP contribution in [0.15, 0.2) is 53.5 Å². The molecule has 0 aliphatic carbocycles. The highest BCUT2D eigenvalue weighted by Crippen LogP contribution is 2.34. The van der Waals surface area contributed by atoms with Crippen LogP contribution in [0.5, 0.6) is 0 Å². The minimum absolute atomic E-state index is 0.129. The number of nitrogens with zero attached hydrogens (tertiary/aromatic N) is 2. The molecule has 2 aromatic carbocycles. The zero-order valence-corrected chi connectivity index (χ0v) is 16.4. The van der Waals surface area contributed by atoms with E-state index in [1.807, 2.05) is 6.07 Å². The molecule has 2 heterocycles. The SMILES string of the molecule is N#Cc1ccc(Cl)c(-c2cc(=O)c3c(F)c(-c4ccc(C(F)(F)F)cn4)c(F)cc3[nH]2)c1. The summed E-state index contributed by atoms with van der Waals surface area (Å²) in [5.41, 5.74) is -2.57. The third-order valence-electron chi connectivity index (χ3n) is 4.74. The molecule has 0 bridgehead atoms. The van der Waals surface area contributed by atoms with Crippen LogP contribution in [0.25, 0.3) is 33.4 Å². The van der Waals surface area contributed by atoms with Gasteiger partial charge in [-0.15, -0.1) is 0 Å². The molecule has 0 saturated heterocycles. The summed E-state index contributed by atoms with van der Waals surface area (Å²) in [5, 5.41) is 8.77. The van der Waals surface area contributed by atoms with Gasteiger partial charge < -0.3 is 4.98 Å². The number of hydrogen-bond acceptors (Lipinski definition) is 3. The summed E-state index contributed by atoms with van der Waals surface area (Å²) in [7, 11) is 0. The van der Waals surface area contributed by atoms with Crippen LogP contribution in [0, 0.1) is 23.0 Å². The standard InChI is InChI=1S/C22H9ClF5N3O/c23-13-3-1-10(8-29)5-12(13)16-7-18(32)20-17(31-16)6-14(24)19(21(20)25)15-4-2-11(9-30-15)22(26,27)28/h1-7,9H,(H,31,32). The van der Waals surface area contributed by atoms with Crippen molar-refractivity contribution in [3.8, 4) is 28.6 Å². The van der Waals surface area contributed by atoms with E-state index in [1.54, 1.807) is 0 Å². The summed E-state index contributed by atoms with van der Waals surface area (Å²) in [4.78, 5) is 18.9. The number of hydrogen-bond donors (Lipinski definition) is 1. The maximum Gasteiger partial charge on any atom is 0.417 e. The Hall–Kier alpha value is -3.77. The zero-order chi connectivity index (χ0) is 23.2. The van der Waals surface area contributed by atoms with Crippen molar-refractivity contribution in [3.63, 3.8) is 0 Å². The van der Waals surface area contributed by atoms with Gasteiger partial charge in [-0.2, -0.15) is 18.4 Å². The molecule has 0 atom stereocenters. The smallest absolute Gasteiger partial charge is 0.354 e. The van der Waals surface area contributed by atoms with E-state index in [1.165, 1.54) is 18.2 Å². The van der Waals surface area contributed by atoms with Crippen molar-refractivity contribution in [2.45, 2.75) is 6.18 Å². The maximum atomic E-state index is 15.2. The number of benzene rings is 2. The number of fused-ring (bicyclic) bond motifs is 1. The molecule has 0 spiro atoms. The van der Waals surface area contributed by atoms with E-state index in [4.69, 9.17) is 16.9 Å². The van der Waals surface area contributed by atoms with Crippen molar-refractivity contribution in [3.05, 3.63) is 86.7 Å². The number of aromatic amines is 1. The summed E-state index contributed by atoms with van der Waals surface area (Å²) in [5.74, 6) is -2.40. The molecular formula is C22H9ClF5N3O. The molecule has 10 heteroatoms. The van der Waals surface area contributed by atoms with Crippen molar-refractivity contribution in [1.82, 2.24) is 9.97 Å². The van der Waals surface area contributed by atoms with Crippen LogP contribution in [0.1, 0.15) is 11.1 Å². The van der Waals surface area contributed by atoms with Gasteiger partial charge >= 0.3 is 6.18 Å². The predicted octanol–water partition coefficient (Wildman–Crippen LogP) is 6.08. The molecule has 0 fully saturated rings. The van der Waals surface area contributed by atoms with Crippen LogP contribution in [0.2, 0.25) is 5.02 Å². The second-order valence-corrected chi connectivity index (χ2v) is 7.16. The Balaban J connectivity index is 1.91. The third-order valence-corrected chi connectivity index (χ3v) is 5.07. The van der Waals surface area contributed by atoms with E-state index in [9.17, 15) is 22.4 Å². The molecule has 4 nitrogen and oxygen atoms in total. The van der Waals surface area contributed by atoms with E-state index in [2.05, 4.69) is 9.97 Å². The molecule has 32 heavy (non-hydrogen) atoms. The summed E-state index contributed by atoms with van der Waals surface area (Å²) < 4.78 is 68.1. The first-order valence-electron chi connectivity index (χ1n) is 8.89. The summed E-state index contributed by atoms with van der Waals surface area (Å²) in [6, 6.07) is 9.60. The Morgan fingerprint density at radius 1 is 1.06 bits per heavy atom. The lowest BCUT2D eigenvalue weighted by molar-refractivity contribution is -0.137. The number of nitrogens with one attached hydrogen (secondary N) is 1. The van der Waals surface area contributed by atoms with Crippen molar-refractivity contribution >= 4 is 22.5 Å². The van der Waals surface area contributed by atoms with Crippen LogP contribution >= 0.6 is 11.6 Å². The first-order valence-corrected chi connectivity index (χ1v) is 9.26. The first kappa shape index (κ1) is 21.5. The predicted molar refractivity (Wildman–Crippen MR) is 108 cm³/mol. The Kier molecular flexibility index (Phi) is 5.18. The largest absolute Gasteiger partial charge is 0.417 e. The fourth-order valence-electron chi connectivity index (χ4n) is 3.23. The monoisotopic (exact) mass is 461 g/mol. The molecule has 0 unspecified atom stereocenters. The fourth-order valence-corrected chi connectivity index (χ4v) is 3.45. The first-order chi connectivity index (χ1) is 15.1. The quantitative estimate of drug-likeness (QED) is 0.368. The minimum Gasteiger partial charge on any atom is -0.354 e. The van der Waals surface area contributed by atoms with Gasteiger partial charge in [0.25, 0.3) is 0 Å². The third kappa shape index (κ3) is 3.69. The Morgan fingerprint density at radius 2 is 1.81 bits per heavy atom. The lowest BCUT2D eigenvalue weighted by Gasteiger charge is -2.11. The maximum absolute atomic E-state index is 15.2. The van der Waals surface area contributed by atoms with Crippen LogP contribution in [0.3, 0.4) is 0 Å². The lowest BCUT2D eigenvalue weighted by atomic mass is 10.0. The molecular weight excluding hydrogens is 453 g/mol. The van der Waals surface area contributed by atoms with Crippen molar-refractivity contribution < 1.29 is 22.0 Å². The normalized spacial score (nSPS) is 11.5. The molecule has 4 aromatic rings. The van der Waals surface area contributed by atoms with Crippen molar-refractivity contribution in [2.75, 3.05) is 0 Å². The van der Waals surface area contributed by atoms with Gasteiger partial charge in [0.2, 0.25) is 0 Å². The highest BCUT2D eigenvalue weighted by Gasteiger charge is 2.31. The fraction of sp³-hybridized carbons (Fsp3) is 0.0455. The molecule has 0 radical (unpaired) electrons. The topological polar surface area (TPSA) is 69.5 Å². The molecule has 160 valence electrons. The zero-order valence-electron chi connectivity index (χ0n) is 15.7. The second kappa shape index (κ2) is 7.73. The van der Waals surface area contributed by atoms with E-state index in [0.717, 1.165) is 18.2 Å². The molecule has 0 aliphatic rings. The average molecular weight is 462 g/mol. The van der Waals surface area contributed by atoms with E-state index < -0.39 is 45.4 Å². The number of halogens is 6. The molecule has 0 aliphatic heterocycles. The number of H-pyrrole nitrogens is 1. The summed E-state index contributed by atoms with van der Waals surface area (Å²) in [6.07, 6.45) is -4.21. The van der Waals surface area contributed by atoms with Gasteiger partial charge in [0, 0.05) is 22.8 Å².